The summed E-state index contributed by atoms with van der Waals surface area (Å²) < 4.78 is 1.30. The van der Waals surface area contributed by atoms with Crippen molar-refractivity contribution in [3.8, 4) is 0 Å². The molecule has 1 aliphatic carbocycles. The van der Waals surface area contributed by atoms with Gasteiger partial charge in [-0.2, -0.15) is 5.10 Å². The van der Waals surface area contributed by atoms with Crippen molar-refractivity contribution in [1.82, 2.24) is 15.1 Å². The second-order valence-electron chi connectivity index (χ2n) is 6.17. The minimum absolute atomic E-state index is 0.181. The first-order valence-corrected chi connectivity index (χ1v) is 6.71. The molecular formula is C14H21N3O2. The Labute approximate surface area is 113 Å². The highest BCUT2D eigenvalue weighted by Crippen LogP contribution is 2.18. The van der Waals surface area contributed by atoms with E-state index in [1.165, 1.54) is 4.68 Å². The van der Waals surface area contributed by atoms with E-state index in [-0.39, 0.29) is 17.0 Å². The minimum atomic E-state index is -0.586. The third kappa shape index (κ3) is 3.03. The van der Waals surface area contributed by atoms with Gasteiger partial charge in [0.1, 0.15) is 6.04 Å². The topological polar surface area (TPSA) is 64.0 Å². The van der Waals surface area contributed by atoms with E-state index >= 15 is 0 Å². The van der Waals surface area contributed by atoms with Crippen molar-refractivity contribution in [1.29, 1.82) is 0 Å². The Morgan fingerprint density at radius 3 is 2.74 bits per heavy atom. The first-order valence-electron chi connectivity index (χ1n) is 6.71. The maximum Gasteiger partial charge on any atom is 0.267 e. The summed E-state index contributed by atoms with van der Waals surface area (Å²) in [5.41, 5.74) is 1.47. The Hall–Kier alpha value is -1.65. The normalized spacial score (nSPS) is 16.0. The summed E-state index contributed by atoms with van der Waals surface area (Å²) in [7, 11) is 0. The van der Waals surface area contributed by atoms with Crippen LogP contribution < -0.4 is 10.9 Å². The molecule has 2 rings (SSSR count). The summed E-state index contributed by atoms with van der Waals surface area (Å²) in [6.45, 7) is 7.44. The van der Waals surface area contributed by atoms with E-state index < -0.39 is 6.04 Å². The fraction of sp³-hybridized carbons (Fsp3) is 0.643. The van der Waals surface area contributed by atoms with Gasteiger partial charge in [-0.05, 0) is 52.5 Å². The zero-order valence-electron chi connectivity index (χ0n) is 12.0. The first kappa shape index (κ1) is 13.8. The number of carbonyl (C=O) groups is 1. The van der Waals surface area contributed by atoms with Crippen LogP contribution in [0.1, 0.15) is 51.4 Å². The van der Waals surface area contributed by atoms with Gasteiger partial charge in [0.15, 0.2) is 0 Å². The van der Waals surface area contributed by atoms with E-state index in [0.29, 0.717) is 0 Å². The fourth-order valence-corrected chi connectivity index (χ4v) is 2.28. The van der Waals surface area contributed by atoms with Gasteiger partial charge in [-0.25, -0.2) is 4.68 Å². The Morgan fingerprint density at radius 2 is 2.11 bits per heavy atom. The van der Waals surface area contributed by atoms with Crippen LogP contribution in [0.2, 0.25) is 0 Å². The molecule has 0 saturated carbocycles. The molecule has 1 aromatic heterocycles. The van der Waals surface area contributed by atoms with Crippen LogP contribution in [0, 0.1) is 0 Å². The van der Waals surface area contributed by atoms with E-state index in [1.54, 1.807) is 13.0 Å². The molecule has 0 saturated heterocycles. The van der Waals surface area contributed by atoms with E-state index in [2.05, 4.69) is 10.4 Å². The lowest BCUT2D eigenvalue weighted by Crippen LogP contribution is -2.45. The molecule has 0 radical (unpaired) electrons. The van der Waals surface area contributed by atoms with E-state index in [1.807, 2.05) is 20.8 Å². The van der Waals surface area contributed by atoms with Gasteiger partial charge in [0.25, 0.3) is 5.56 Å². The van der Waals surface area contributed by atoms with Gasteiger partial charge in [-0.3, -0.25) is 9.59 Å². The summed E-state index contributed by atoms with van der Waals surface area (Å²) in [4.78, 5) is 24.1. The van der Waals surface area contributed by atoms with E-state index in [4.69, 9.17) is 0 Å². The number of amides is 1. The number of hydrogen-bond donors (Lipinski definition) is 1. The number of nitrogens with zero attached hydrogens (tertiary/aromatic N) is 2. The number of fused-ring (bicyclic) bond motifs is 1. The van der Waals surface area contributed by atoms with Gasteiger partial charge in [-0.1, -0.05) is 0 Å². The van der Waals surface area contributed by atoms with Crippen LogP contribution in [0.25, 0.3) is 0 Å². The predicted molar refractivity (Wildman–Crippen MR) is 73.1 cm³/mol. The highest BCUT2D eigenvalue weighted by Gasteiger charge is 2.24. The lowest BCUT2D eigenvalue weighted by atomic mass is 10.1. The maximum atomic E-state index is 12.1. The number of aryl methyl sites for hydroxylation is 2. The Morgan fingerprint density at radius 1 is 1.42 bits per heavy atom. The molecule has 0 spiro atoms. The molecular weight excluding hydrogens is 242 g/mol. The second-order valence-corrected chi connectivity index (χ2v) is 6.17. The average molecular weight is 263 g/mol. The quantitative estimate of drug-likeness (QED) is 0.872. The Bertz CT molecular complexity index is 555. The third-order valence-corrected chi connectivity index (χ3v) is 3.23. The van der Waals surface area contributed by atoms with Gasteiger partial charge in [0.05, 0.1) is 5.69 Å². The number of hydrogen-bond acceptors (Lipinski definition) is 3. The molecule has 1 aliphatic rings. The molecule has 0 aliphatic heterocycles. The molecule has 1 N–H and O–H groups in total. The van der Waals surface area contributed by atoms with Crippen LogP contribution in [-0.2, 0) is 17.6 Å². The molecule has 5 heteroatoms. The molecule has 19 heavy (non-hydrogen) atoms. The summed E-state index contributed by atoms with van der Waals surface area (Å²) in [5.74, 6) is -0.181. The standard InChI is InChI=1S/C14H21N3O2/c1-9(13(19)15-14(2,3)4)17-12(18)8-10-6-5-7-11(10)16-17/h8-9H,5-7H2,1-4H3,(H,15,19). The summed E-state index contributed by atoms with van der Waals surface area (Å²) in [6.07, 6.45) is 2.85. The lowest BCUT2D eigenvalue weighted by molar-refractivity contribution is -0.125. The summed E-state index contributed by atoms with van der Waals surface area (Å²) in [5, 5.41) is 7.22. The van der Waals surface area contributed by atoms with Crippen LogP contribution >= 0.6 is 0 Å². The summed E-state index contributed by atoms with van der Waals surface area (Å²) >= 11 is 0. The average Bonchev–Trinajstić information content (AvgIpc) is 2.71. The number of aromatic nitrogens is 2. The lowest BCUT2D eigenvalue weighted by Gasteiger charge is -2.23. The van der Waals surface area contributed by atoms with Crippen molar-refractivity contribution >= 4 is 5.91 Å². The second kappa shape index (κ2) is 4.79. The van der Waals surface area contributed by atoms with Crippen LogP contribution in [-0.4, -0.2) is 21.2 Å². The number of rotatable bonds is 2. The molecule has 1 unspecified atom stereocenters. The fourth-order valence-electron chi connectivity index (χ4n) is 2.28. The van der Waals surface area contributed by atoms with E-state index in [0.717, 1.165) is 30.5 Å². The molecule has 1 atom stereocenters. The molecule has 1 heterocycles. The third-order valence-electron chi connectivity index (χ3n) is 3.23. The van der Waals surface area contributed by atoms with Crippen molar-refractivity contribution in [2.24, 2.45) is 0 Å². The molecule has 0 fully saturated rings. The van der Waals surface area contributed by atoms with Crippen molar-refractivity contribution in [3.63, 3.8) is 0 Å². The van der Waals surface area contributed by atoms with Gasteiger partial charge < -0.3 is 5.32 Å². The molecule has 5 nitrogen and oxygen atoms in total. The van der Waals surface area contributed by atoms with Gasteiger partial charge in [0, 0.05) is 11.6 Å². The monoisotopic (exact) mass is 263 g/mol. The maximum absolute atomic E-state index is 12.1. The van der Waals surface area contributed by atoms with E-state index in [9.17, 15) is 9.59 Å². The highest BCUT2D eigenvalue weighted by atomic mass is 16.2. The van der Waals surface area contributed by atoms with Gasteiger partial charge >= 0.3 is 0 Å². The first-order chi connectivity index (χ1) is 8.78. The Balaban J connectivity index is 2.27. The molecule has 104 valence electrons. The summed E-state index contributed by atoms with van der Waals surface area (Å²) in [6, 6.07) is 1.04. The van der Waals surface area contributed by atoms with Crippen LogP contribution in [0.15, 0.2) is 10.9 Å². The molecule has 0 bridgehead atoms. The Kier molecular flexibility index (Phi) is 3.47. The molecule has 1 amide bonds. The van der Waals surface area contributed by atoms with Crippen LogP contribution in [0.3, 0.4) is 0 Å². The van der Waals surface area contributed by atoms with Crippen LogP contribution in [0.4, 0.5) is 0 Å². The van der Waals surface area contributed by atoms with Gasteiger partial charge in [-0.15, -0.1) is 0 Å². The number of carbonyl (C=O) groups excluding carboxylic acids is 1. The minimum Gasteiger partial charge on any atom is -0.350 e. The number of nitrogens with one attached hydrogen (secondary N) is 1. The van der Waals surface area contributed by atoms with Crippen molar-refractivity contribution in [2.45, 2.75) is 58.5 Å². The van der Waals surface area contributed by atoms with Crippen molar-refractivity contribution in [2.75, 3.05) is 0 Å². The molecule has 1 aromatic rings. The zero-order chi connectivity index (χ0) is 14.2. The highest BCUT2D eigenvalue weighted by molar-refractivity contribution is 5.80. The molecule has 0 aromatic carbocycles. The SMILES string of the molecule is CC(C(=O)NC(C)(C)C)n1nc2c(cc1=O)CCC2. The van der Waals surface area contributed by atoms with Crippen LogP contribution in [0.5, 0.6) is 0 Å². The zero-order valence-corrected chi connectivity index (χ0v) is 12.0. The smallest absolute Gasteiger partial charge is 0.267 e. The predicted octanol–water partition coefficient (Wildman–Crippen LogP) is 1.21. The van der Waals surface area contributed by atoms with Crippen molar-refractivity contribution in [3.05, 3.63) is 27.7 Å². The largest absolute Gasteiger partial charge is 0.350 e. The van der Waals surface area contributed by atoms with Crippen molar-refractivity contribution < 1.29 is 4.79 Å². The van der Waals surface area contributed by atoms with Gasteiger partial charge in [0.2, 0.25) is 5.91 Å².